The number of hydrogen-bond donors (Lipinski definition) is 2. The minimum atomic E-state index is -0.483. The fourth-order valence-electron chi connectivity index (χ4n) is 2.91. The summed E-state index contributed by atoms with van der Waals surface area (Å²) < 4.78 is 0. The maximum absolute atomic E-state index is 12.0. The number of nitrogens with one attached hydrogen (secondary N) is 1. The van der Waals surface area contributed by atoms with Gasteiger partial charge in [0.2, 0.25) is 0 Å². The fourth-order valence-corrected chi connectivity index (χ4v) is 2.91. The van der Waals surface area contributed by atoms with E-state index in [1.807, 2.05) is 0 Å². The Kier molecular flexibility index (Phi) is 5.02. The van der Waals surface area contributed by atoms with Crippen molar-refractivity contribution < 1.29 is 9.90 Å². The first-order chi connectivity index (χ1) is 8.21. The number of nitrogens with zero attached hydrogens (tertiary/aromatic N) is 1. The summed E-state index contributed by atoms with van der Waals surface area (Å²) in [5.41, 5.74) is 0.395. The minimum absolute atomic E-state index is 0.0764. The Morgan fingerprint density at radius 1 is 1.56 bits per heavy atom. The van der Waals surface area contributed by atoms with Gasteiger partial charge in [0.1, 0.15) is 0 Å². The van der Waals surface area contributed by atoms with Crippen molar-refractivity contribution in [3.8, 4) is 0 Å². The molecule has 1 aliphatic rings. The van der Waals surface area contributed by atoms with E-state index in [0.29, 0.717) is 17.9 Å². The van der Waals surface area contributed by atoms with Crippen LogP contribution in [0.1, 0.15) is 47.0 Å². The fraction of sp³-hybridized carbons (Fsp3) is 0.929. The highest BCUT2D eigenvalue weighted by Gasteiger charge is 2.33. The number of hydrogen-bond acceptors (Lipinski definition) is 2. The standard InChI is InChI=1S/C14H28N2O2/c1-10-8-14(3,4)7-6-12(10)15-13(18)16(5)9-11(2)17/h10-12,17H,6-9H2,1-5H3,(H,15,18). The summed E-state index contributed by atoms with van der Waals surface area (Å²) in [6.45, 7) is 8.86. The molecule has 4 nitrogen and oxygen atoms in total. The third kappa shape index (κ3) is 4.48. The lowest BCUT2D eigenvalue weighted by molar-refractivity contribution is 0.125. The first kappa shape index (κ1) is 15.3. The van der Waals surface area contributed by atoms with Crippen molar-refractivity contribution >= 4 is 6.03 Å². The van der Waals surface area contributed by atoms with Crippen molar-refractivity contribution in [1.82, 2.24) is 10.2 Å². The van der Waals surface area contributed by atoms with Gasteiger partial charge in [-0.3, -0.25) is 0 Å². The number of likely N-dealkylation sites (N-methyl/N-ethyl adjacent to an activating group) is 1. The largest absolute Gasteiger partial charge is 0.392 e. The molecule has 0 radical (unpaired) electrons. The maximum Gasteiger partial charge on any atom is 0.317 e. The van der Waals surface area contributed by atoms with Crippen molar-refractivity contribution in [2.45, 2.75) is 59.1 Å². The molecule has 0 bridgehead atoms. The van der Waals surface area contributed by atoms with Crippen LogP contribution in [0.25, 0.3) is 0 Å². The van der Waals surface area contributed by atoms with E-state index in [-0.39, 0.29) is 12.1 Å². The zero-order valence-corrected chi connectivity index (χ0v) is 12.4. The van der Waals surface area contributed by atoms with Crippen LogP contribution >= 0.6 is 0 Å². The predicted octanol–water partition coefficient (Wildman–Crippen LogP) is 2.22. The van der Waals surface area contributed by atoms with Crippen molar-refractivity contribution in [3.63, 3.8) is 0 Å². The van der Waals surface area contributed by atoms with Crippen LogP contribution in [-0.4, -0.2) is 41.8 Å². The first-order valence-electron chi connectivity index (χ1n) is 6.91. The van der Waals surface area contributed by atoms with Crippen molar-refractivity contribution in [1.29, 1.82) is 0 Å². The molecule has 0 aromatic carbocycles. The lowest BCUT2D eigenvalue weighted by atomic mass is 9.70. The van der Waals surface area contributed by atoms with Crippen LogP contribution in [0, 0.1) is 11.3 Å². The number of carbonyl (C=O) groups excluding carboxylic acids is 1. The molecule has 3 unspecified atom stereocenters. The quantitative estimate of drug-likeness (QED) is 0.813. The molecule has 1 fully saturated rings. The number of aliphatic hydroxyl groups excluding tert-OH is 1. The Balaban J connectivity index is 2.45. The smallest absolute Gasteiger partial charge is 0.317 e. The summed E-state index contributed by atoms with van der Waals surface area (Å²) >= 11 is 0. The zero-order valence-electron chi connectivity index (χ0n) is 12.4. The monoisotopic (exact) mass is 256 g/mol. The number of amides is 2. The third-order valence-corrected chi connectivity index (χ3v) is 3.89. The molecular weight excluding hydrogens is 228 g/mol. The average Bonchev–Trinajstić information content (AvgIpc) is 2.20. The van der Waals surface area contributed by atoms with Crippen LogP contribution in [0.5, 0.6) is 0 Å². The topological polar surface area (TPSA) is 52.6 Å². The molecule has 1 aliphatic carbocycles. The van der Waals surface area contributed by atoms with E-state index in [9.17, 15) is 9.90 Å². The van der Waals surface area contributed by atoms with Gasteiger partial charge in [-0.25, -0.2) is 4.79 Å². The molecule has 0 spiro atoms. The summed E-state index contributed by atoms with van der Waals surface area (Å²) in [4.78, 5) is 13.5. The second-order valence-electron chi connectivity index (χ2n) is 6.67. The first-order valence-corrected chi connectivity index (χ1v) is 6.91. The van der Waals surface area contributed by atoms with Crippen LogP contribution in [0.3, 0.4) is 0 Å². The normalized spacial score (nSPS) is 28.6. The van der Waals surface area contributed by atoms with Gasteiger partial charge in [0.15, 0.2) is 0 Å². The number of aliphatic hydroxyl groups is 1. The molecule has 2 N–H and O–H groups in total. The third-order valence-electron chi connectivity index (χ3n) is 3.89. The molecule has 0 aromatic heterocycles. The molecule has 2 amide bonds. The summed E-state index contributed by atoms with van der Waals surface area (Å²) in [5, 5.41) is 12.4. The van der Waals surface area contributed by atoms with E-state index in [1.165, 1.54) is 0 Å². The number of rotatable bonds is 3. The van der Waals surface area contributed by atoms with E-state index in [0.717, 1.165) is 19.3 Å². The molecule has 4 heteroatoms. The van der Waals surface area contributed by atoms with Gasteiger partial charge in [-0.1, -0.05) is 20.8 Å². The Morgan fingerprint density at radius 2 is 2.17 bits per heavy atom. The van der Waals surface area contributed by atoms with Crippen molar-refractivity contribution in [3.05, 3.63) is 0 Å². The second kappa shape index (κ2) is 5.91. The summed E-state index contributed by atoms with van der Waals surface area (Å²) in [6.07, 6.45) is 2.87. The van der Waals surface area contributed by atoms with E-state index >= 15 is 0 Å². The molecule has 0 aromatic rings. The zero-order chi connectivity index (χ0) is 13.9. The maximum atomic E-state index is 12.0. The van der Waals surface area contributed by atoms with Crippen LogP contribution in [-0.2, 0) is 0 Å². The molecule has 0 aliphatic heterocycles. The molecule has 0 saturated heterocycles. The van der Waals surface area contributed by atoms with Gasteiger partial charge in [0, 0.05) is 19.6 Å². The average molecular weight is 256 g/mol. The molecule has 18 heavy (non-hydrogen) atoms. The van der Waals surface area contributed by atoms with Gasteiger partial charge in [0.05, 0.1) is 6.10 Å². The highest BCUT2D eigenvalue weighted by Crippen LogP contribution is 2.38. The molecule has 1 rings (SSSR count). The highest BCUT2D eigenvalue weighted by molar-refractivity contribution is 5.74. The molecule has 106 valence electrons. The van der Waals surface area contributed by atoms with Gasteiger partial charge in [-0.15, -0.1) is 0 Å². The molecule has 1 saturated carbocycles. The summed E-state index contributed by atoms with van der Waals surface area (Å²) in [6, 6.07) is 0.189. The van der Waals surface area contributed by atoms with Crippen LogP contribution < -0.4 is 5.32 Å². The van der Waals surface area contributed by atoms with Crippen molar-refractivity contribution in [2.75, 3.05) is 13.6 Å². The van der Waals surface area contributed by atoms with E-state index in [4.69, 9.17) is 0 Å². The Labute approximate surface area is 111 Å². The van der Waals surface area contributed by atoms with E-state index in [2.05, 4.69) is 26.1 Å². The Morgan fingerprint density at radius 3 is 2.67 bits per heavy atom. The predicted molar refractivity (Wildman–Crippen MR) is 73.4 cm³/mol. The summed E-state index contributed by atoms with van der Waals surface area (Å²) in [7, 11) is 1.72. The lowest BCUT2D eigenvalue weighted by Gasteiger charge is -2.40. The SMILES string of the molecule is CC(O)CN(C)C(=O)NC1CCC(C)(C)CC1C. The molecular formula is C14H28N2O2. The highest BCUT2D eigenvalue weighted by atomic mass is 16.3. The van der Waals surface area contributed by atoms with Gasteiger partial charge in [-0.2, -0.15) is 0 Å². The van der Waals surface area contributed by atoms with Crippen LogP contribution in [0.15, 0.2) is 0 Å². The minimum Gasteiger partial charge on any atom is -0.392 e. The number of carbonyl (C=O) groups is 1. The van der Waals surface area contributed by atoms with Gasteiger partial charge in [-0.05, 0) is 37.5 Å². The van der Waals surface area contributed by atoms with E-state index < -0.39 is 6.10 Å². The van der Waals surface area contributed by atoms with Crippen molar-refractivity contribution in [2.24, 2.45) is 11.3 Å². The van der Waals surface area contributed by atoms with Gasteiger partial charge < -0.3 is 15.3 Å². The molecule has 0 heterocycles. The Hall–Kier alpha value is -0.770. The summed E-state index contributed by atoms with van der Waals surface area (Å²) in [5.74, 6) is 0.512. The molecule has 3 atom stereocenters. The van der Waals surface area contributed by atoms with Crippen LogP contribution in [0.2, 0.25) is 0 Å². The van der Waals surface area contributed by atoms with Crippen LogP contribution in [0.4, 0.5) is 4.79 Å². The lowest BCUT2D eigenvalue weighted by Crippen LogP contribution is -2.49. The van der Waals surface area contributed by atoms with Gasteiger partial charge in [0.25, 0.3) is 0 Å². The second-order valence-corrected chi connectivity index (χ2v) is 6.67. The number of urea groups is 1. The Bertz CT molecular complexity index is 290. The van der Waals surface area contributed by atoms with E-state index in [1.54, 1.807) is 18.9 Å². The van der Waals surface area contributed by atoms with Gasteiger partial charge >= 0.3 is 6.03 Å².